The predicted molar refractivity (Wildman–Crippen MR) is 134 cm³/mol. The molecule has 34 heavy (non-hydrogen) atoms. The van der Waals surface area contributed by atoms with Crippen molar-refractivity contribution in [1.29, 1.82) is 0 Å². The van der Waals surface area contributed by atoms with Gasteiger partial charge in [-0.1, -0.05) is 36.4 Å². The summed E-state index contributed by atoms with van der Waals surface area (Å²) in [5, 5.41) is 13.7. The SMILES string of the molecule is COc1ccc(-c2nn(-c3ccccc3)cc2C2Nc3c(C)cccc3-c3cc(C)nn32)cc1. The van der Waals surface area contributed by atoms with Gasteiger partial charge in [0.2, 0.25) is 0 Å². The van der Waals surface area contributed by atoms with E-state index in [1.54, 1.807) is 7.11 Å². The van der Waals surface area contributed by atoms with E-state index in [1.807, 2.05) is 41.9 Å². The summed E-state index contributed by atoms with van der Waals surface area (Å²) in [6.07, 6.45) is 1.91. The second kappa shape index (κ2) is 7.92. The Morgan fingerprint density at radius 3 is 2.44 bits per heavy atom. The molecule has 6 nitrogen and oxygen atoms in total. The summed E-state index contributed by atoms with van der Waals surface area (Å²) in [6.45, 7) is 4.18. The number of nitrogens with one attached hydrogen (secondary N) is 1. The van der Waals surface area contributed by atoms with E-state index >= 15 is 0 Å². The monoisotopic (exact) mass is 447 g/mol. The van der Waals surface area contributed by atoms with Crippen LogP contribution in [0.4, 0.5) is 5.69 Å². The van der Waals surface area contributed by atoms with Crippen LogP contribution in [0.5, 0.6) is 5.75 Å². The standard InChI is InChI=1S/C28H25N5O/c1-18-8-7-11-23-25-16-19(2)30-33(25)28(29-26(18)23)24-17-32(21-9-5-4-6-10-21)31-27(24)20-12-14-22(34-3)15-13-20/h4-17,28-29H,1-3H3. The van der Waals surface area contributed by atoms with Crippen molar-refractivity contribution in [2.75, 3.05) is 12.4 Å². The van der Waals surface area contributed by atoms with Crippen LogP contribution in [0.3, 0.4) is 0 Å². The summed E-state index contributed by atoms with van der Waals surface area (Å²) >= 11 is 0. The van der Waals surface area contributed by atoms with Crippen molar-refractivity contribution in [2.24, 2.45) is 0 Å². The summed E-state index contributed by atoms with van der Waals surface area (Å²) < 4.78 is 9.40. The van der Waals surface area contributed by atoms with E-state index in [1.165, 1.54) is 11.1 Å². The third-order valence-corrected chi connectivity index (χ3v) is 6.35. The zero-order chi connectivity index (χ0) is 23.2. The lowest BCUT2D eigenvalue weighted by Crippen LogP contribution is -2.26. The Bertz CT molecular complexity index is 1480. The number of rotatable bonds is 4. The van der Waals surface area contributed by atoms with Gasteiger partial charge in [0, 0.05) is 28.6 Å². The molecule has 0 amide bonds. The molecule has 3 aromatic carbocycles. The Morgan fingerprint density at radius 2 is 1.68 bits per heavy atom. The number of aromatic nitrogens is 4. The number of aryl methyl sites for hydroxylation is 2. The first-order valence-electron chi connectivity index (χ1n) is 11.3. The number of methoxy groups -OCH3 is 1. The van der Waals surface area contributed by atoms with Crippen molar-refractivity contribution in [3.8, 4) is 34.0 Å². The molecule has 3 heterocycles. The minimum Gasteiger partial charge on any atom is -0.497 e. The highest BCUT2D eigenvalue weighted by atomic mass is 16.5. The molecule has 0 aliphatic carbocycles. The van der Waals surface area contributed by atoms with Crippen LogP contribution in [0, 0.1) is 13.8 Å². The molecule has 0 saturated carbocycles. The minimum atomic E-state index is -0.202. The largest absolute Gasteiger partial charge is 0.497 e. The van der Waals surface area contributed by atoms with Gasteiger partial charge in [-0.15, -0.1) is 0 Å². The van der Waals surface area contributed by atoms with E-state index in [4.69, 9.17) is 14.9 Å². The van der Waals surface area contributed by atoms with Crippen molar-refractivity contribution in [1.82, 2.24) is 19.6 Å². The first-order chi connectivity index (χ1) is 16.6. The number of ether oxygens (including phenoxy) is 1. The number of para-hydroxylation sites is 2. The van der Waals surface area contributed by atoms with Crippen LogP contribution in [-0.2, 0) is 0 Å². The first kappa shape index (κ1) is 20.3. The molecular formula is C28H25N5O. The van der Waals surface area contributed by atoms with E-state index in [9.17, 15) is 0 Å². The topological polar surface area (TPSA) is 56.9 Å². The van der Waals surface area contributed by atoms with Crippen molar-refractivity contribution >= 4 is 5.69 Å². The van der Waals surface area contributed by atoms with Gasteiger partial charge in [0.05, 0.1) is 29.9 Å². The van der Waals surface area contributed by atoms with E-state index in [0.29, 0.717) is 0 Å². The van der Waals surface area contributed by atoms with Gasteiger partial charge >= 0.3 is 0 Å². The Morgan fingerprint density at radius 1 is 0.882 bits per heavy atom. The number of hydrogen-bond donors (Lipinski definition) is 1. The van der Waals surface area contributed by atoms with Crippen molar-refractivity contribution in [2.45, 2.75) is 20.0 Å². The molecule has 0 spiro atoms. The quantitative estimate of drug-likeness (QED) is 0.367. The third-order valence-electron chi connectivity index (χ3n) is 6.35. The van der Waals surface area contributed by atoms with Gasteiger partial charge in [-0.05, 0) is 61.9 Å². The lowest BCUT2D eigenvalue weighted by Gasteiger charge is -2.30. The van der Waals surface area contributed by atoms with E-state index in [0.717, 1.165) is 45.3 Å². The van der Waals surface area contributed by atoms with Gasteiger partial charge < -0.3 is 10.1 Å². The Labute approximate surface area is 198 Å². The zero-order valence-corrected chi connectivity index (χ0v) is 19.4. The first-order valence-corrected chi connectivity index (χ1v) is 11.3. The fraction of sp³-hybridized carbons (Fsp3) is 0.143. The van der Waals surface area contributed by atoms with E-state index in [2.05, 4.69) is 71.7 Å². The van der Waals surface area contributed by atoms with Crippen LogP contribution in [0.2, 0.25) is 0 Å². The maximum atomic E-state index is 5.38. The molecule has 168 valence electrons. The molecule has 1 N–H and O–H groups in total. The molecule has 5 aromatic rings. The van der Waals surface area contributed by atoms with Crippen molar-refractivity contribution in [3.63, 3.8) is 0 Å². The second-order valence-electron chi connectivity index (χ2n) is 8.60. The van der Waals surface area contributed by atoms with Gasteiger partial charge in [-0.25, -0.2) is 9.36 Å². The van der Waals surface area contributed by atoms with Crippen LogP contribution in [0.15, 0.2) is 85.1 Å². The lowest BCUT2D eigenvalue weighted by atomic mass is 9.99. The molecule has 0 saturated heterocycles. The van der Waals surface area contributed by atoms with Crippen LogP contribution < -0.4 is 10.1 Å². The van der Waals surface area contributed by atoms with E-state index < -0.39 is 0 Å². The normalized spacial score (nSPS) is 14.3. The predicted octanol–water partition coefficient (Wildman–Crippen LogP) is 6.00. The zero-order valence-electron chi connectivity index (χ0n) is 19.4. The van der Waals surface area contributed by atoms with Gasteiger partial charge in [0.15, 0.2) is 6.17 Å². The smallest absolute Gasteiger partial charge is 0.151 e. The Balaban J connectivity index is 1.56. The summed E-state index contributed by atoms with van der Waals surface area (Å²) in [4.78, 5) is 0. The van der Waals surface area contributed by atoms with Gasteiger partial charge in [-0.3, -0.25) is 0 Å². The average molecular weight is 448 g/mol. The number of hydrogen-bond acceptors (Lipinski definition) is 4. The van der Waals surface area contributed by atoms with Crippen LogP contribution in [-0.4, -0.2) is 26.7 Å². The highest BCUT2D eigenvalue weighted by molar-refractivity contribution is 5.82. The highest BCUT2D eigenvalue weighted by Gasteiger charge is 2.31. The second-order valence-corrected chi connectivity index (χ2v) is 8.60. The minimum absolute atomic E-state index is 0.202. The summed E-state index contributed by atoms with van der Waals surface area (Å²) in [5.74, 6) is 0.818. The average Bonchev–Trinajstić information content (AvgIpc) is 3.49. The van der Waals surface area contributed by atoms with Crippen molar-refractivity contribution < 1.29 is 4.74 Å². The van der Waals surface area contributed by atoms with E-state index in [-0.39, 0.29) is 6.17 Å². The molecule has 6 heteroatoms. The maximum absolute atomic E-state index is 5.38. The van der Waals surface area contributed by atoms with Crippen LogP contribution in [0.25, 0.3) is 28.2 Å². The molecule has 1 aliphatic heterocycles. The number of nitrogens with zero attached hydrogens (tertiary/aromatic N) is 4. The molecule has 6 rings (SSSR count). The van der Waals surface area contributed by atoms with Gasteiger partial charge in [-0.2, -0.15) is 10.2 Å². The molecule has 2 aromatic heterocycles. The molecular weight excluding hydrogens is 422 g/mol. The lowest BCUT2D eigenvalue weighted by molar-refractivity contribution is 0.415. The third kappa shape index (κ3) is 3.27. The molecule has 1 unspecified atom stereocenters. The summed E-state index contributed by atoms with van der Waals surface area (Å²) in [6, 6.07) is 26.8. The molecule has 1 aliphatic rings. The number of anilines is 1. The Hall–Kier alpha value is -4.32. The molecule has 1 atom stereocenters. The van der Waals surface area contributed by atoms with Crippen LogP contribution in [0.1, 0.15) is 23.0 Å². The van der Waals surface area contributed by atoms with Gasteiger partial charge in [0.1, 0.15) is 5.75 Å². The molecule has 0 fully saturated rings. The van der Waals surface area contributed by atoms with Gasteiger partial charge in [0.25, 0.3) is 0 Å². The summed E-state index contributed by atoms with van der Waals surface area (Å²) in [7, 11) is 1.68. The fourth-order valence-corrected chi connectivity index (χ4v) is 4.67. The molecule has 0 radical (unpaired) electrons. The number of fused-ring (bicyclic) bond motifs is 3. The number of benzene rings is 3. The fourth-order valence-electron chi connectivity index (χ4n) is 4.67. The highest BCUT2D eigenvalue weighted by Crippen LogP contribution is 2.42. The van der Waals surface area contributed by atoms with Crippen molar-refractivity contribution in [3.05, 3.63) is 102 Å². The Kier molecular flexibility index (Phi) is 4.73. The maximum Gasteiger partial charge on any atom is 0.151 e. The molecule has 0 bridgehead atoms. The van der Waals surface area contributed by atoms with Crippen LogP contribution >= 0.6 is 0 Å². The summed E-state index contributed by atoms with van der Waals surface area (Å²) in [5.41, 5.74) is 9.57.